The van der Waals surface area contributed by atoms with E-state index < -0.39 is 11.9 Å². The minimum Gasteiger partial charge on any atom is -0.506 e. The molecule has 0 saturated carbocycles. The molecule has 7 nitrogen and oxygen atoms in total. The van der Waals surface area contributed by atoms with E-state index in [9.17, 15) is 9.59 Å². The minimum absolute atomic E-state index is 0.209. The van der Waals surface area contributed by atoms with Gasteiger partial charge < -0.3 is 20.6 Å². The molecule has 0 amide bonds. The van der Waals surface area contributed by atoms with Crippen molar-refractivity contribution in [2.24, 2.45) is 0 Å². The number of hydrogen-bond acceptors (Lipinski definition) is 5. The first-order valence-corrected chi connectivity index (χ1v) is 6.47. The van der Waals surface area contributed by atoms with Crippen molar-refractivity contribution in [3.8, 4) is 5.75 Å². The molecule has 0 fully saturated rings. The van der Waals surface area contributed by atoms with E-state index in [1.807, 2.05) is 12.1 Å². The molecular formula is C15H20N2O5. The lowest BCUT2D eigenvalue weighted by molar-refractivity contribution is -0.134. The Hall–Kier alpha value is -2.67. The number of nitrogens with one attached hydrogen (secondary N) is 1. The maximum atomic E-state index is 9.55. The molecule has 1 heterocycles. The predicted molar refractivity (Wildman–Crippen MR) is 81.7 cm³/mol. The molecular weight excluding hydrogens is 288 g/mol. The Balaban J connectivity index is 0.000000472. The fraction of sp³-hybridized carbons (Fsp3) is 0.267. The number of carboxylic acids is 2. The Morgan fingerprint density at radius 2 is 1.91 bits per heavy atom. The van der Waals surface area contributed by atoms with Crippen LogP contribution < -0.4 is 5.32 Å². The number of rotatable bonds is 7. The number of hydrogen-bond donors (Lipinski definition) is 4. The fourth-order valence-electron chi connectivity index (χ4n) is 1.35. The maximum Gasteiger partial charge on any atom is 0.328 e. The number of pyridine rings is 1. The topological polar surface area (TPSA) is 120 Å². The molecule has 1 aromatic rings. The Morgan fingerprint density at radius 1 is 1.32 bits per heavy atom. The lowest BCUT2D eigenvalue weighted by atomic mass is 10.1. The third-order valence-corrected chi connectivity index (χ3v) is 2.30. The van der Waals surface area contributed by atoms with Gasteiger partial charge in [-0.25, -0.2) is 9.59 Å². The molecule has 0 bridgehead atoms. The SMILES string of the molecule is C=CCNC(C)Cc1ccc(O)cn1.O=C(O)/C=C/C(=O)O. The van der Waals surface area contributed by atoms with Crippen LogP contribution in [0.25, 0.3) is 0 Å². The Morgan fingerprint density at radius 3 is 2.32 bits per heavy atom. The molecule has 1 rings (SSSR count). The highest BCUT2D eigenvalue weighted by Gasteiger charge is 2.02. The summed E-state index contributed by atoms with van der Waals surface area (Å²) in [4.78, 5) is 23.2. The molecule has 7 heteroatoms. The second-order valence-electron chi connectivity index (χ2n) is 4.32. The summed E-state index contributed by atoms with van der Waals surface area (Å²) < 4.78 is 0. The van der Waals surface area contributed by atoms with Crippen LogP contribution in [-0.4, -0.2) is 44.8 Å². The molecule has 22 heavy (non-hydrogen) atoms. The van der Waals surface area contributed by atoms with Crippen LogP contribution in [0.1, 0.15) is 12.6 Å². The van der Waals surface area contributed by atoms with Crippen molar-refractivity contribution in [1.29, 1.82) is 0 Å². The molecule has 0 aromatic carbocycles. The predicted octanol–water partition coefficient (Wildman–Crippen LogP) is 1.21. The van der Waals surface area contributed by atoms with Gasteiger partial charge in [-0.3, -0.25) is 4.98 Å². The molecule has 0 aliphatic heterocycles. The zero-order valence-corrected chi connectivity index (χ0v) is 12.3. The standard InChI is InChI=1S/C11H16N2O.C4H4O4/c1-3-6-12-9(2)7-10-4-5-11(14)8-13-10;5-3(6)1-2-4(7)8/h3-5,8-9,12,14H,1,6-7H2,2H3;1-2H,(H,5,6)(H,7,8)/b;2-1+. The average molecular weight is 308 g/mol. The molecule has 1 aromatic heterocycles. The van der Waals surface area contributed by atoms with Crippen LogP contribution in [0.15, 0.2) is 43.1 Å². The third-order valence-electron chi connectivity index (χ3n) is 2.30. The van der Waals surface area contributed by atoms with Gasteiger partial charge in [0.25, 0.3) is 0 Å². The Bertz CT molecular complexity index is 495. The average Bonchev–Trinajstić information content (AvgIpc) is 2.46. The van der Waals surface area contributed by atoms with Gasteiger partial charge in [-0.05, 0) is 19.1 Å². The van der Waals surface area contributed by atoms with E-state index in [4.69, 9.17) is 15.3 Å². The summed E-state index contributed by atoms with van der Waals surface area (Å²) in [5.41, 5.74) is 0.979. The third kappa shape index (κ3) is 11.2. The van der Waals surface area contributed by atoms with Crippen LogP contribution in [0, 0.1) is 0 Å². The quantitative estimate of drug-likeness (QED) is 0.441. The van der Waals surface area contributed by atoms with Gasteiger partial charge in [-0.1, -0.05) is 6.08 Å². The molecule has 0 spiro atoms. The summed E-state index contributed by atoms with van der Waals surface area (Å²) >= 11 is 0. The molecule has 0 radical (unpaired) electrons. The van der Waals surface area contributed by atoms with Crippen molar-refractivity contribution in [1.82, 2.24) is 10.3 Å². The number of aromatic nitrogens is 1. The van der Waals surface area contributed by atoms with Crippen molar-refractivity contribution in [2.45, 2.75) is 19.4 Å². The second-order valence-corrected chi connectivity index (χ2v) is 4.32. The van der Waals surface area contributed by atoms with Gasteiger partial charge in [0.15, 0.2) is 0 Å². The second kappa shape index (κ2) is 11.0. The van der Waals surface area contributed by atoms with Crippen molar-refractivity contribution >= 4 is 11.9 Å². The molecule has 0 aliphatic carbocycles. The minimum atomic E-state index is -1.26. The summed E-state index contributed by atoms with van der Waals surface area (Å²) in [6.07, 6.45) is 5.27. The van der Waals surface area contributed by atoms with Crippen LogP contribution in [0.5, 0.6) is 5.75 Å². The Kier molecular flexibility index (Phi) is 9.70. The molecule has 120 valence electrons. The van der Waals surface area contributed by atoms with Gasteiger partial charge in [0, 0.05) is 36.9 Å². The van der Waals surface area contributed by atoms with Gasteiger partial charge in [-0.15, -0.1) is 6.58 Å². The van der Waals surface area contributed by atoms with Crippen molar-refractivity contribution in [3.05, 3.63) is 48.8 Å². The van der Waals surface area contributed by atoms with Crippen LogP contribution in [0.4, 0.5) is 0 Å². The van der Waals surface area contributed by atoms with Gasteiger partial charge in [0.05, 0.1) is 6.20 Å². The molecule has 1 atom stereocenters. The zero-order chi connectivity index (χ0) is 17.0. The van der Waals surface area contributed by atoms with Crippen LogP contribution in [0.2, 0.25) is 0 Å². The van der Waals surface area contributed by atoms with E-state index in [0.29, 0.717) is 18.2 Å². The van der Waals surface area contributed by atoms with E-state index in [1.165, 1.54) is 6.20 Å². The molecule has 4 N–H and O–H groups in total. The van der Waals surface area contributed by atoms with E-state index >= 15 is 0 Å². The highest BCUT2D eigenvalue weighted by molar-refractivity contribution is 5.89. The van der Waals surface area contributed by atoms with Crippen molar-refractivity contribution < 1.29 is 24.9 Å². The number of carbonyl (C=O) groups is 2. The van der Waals surface area contributed by atoms with Gasteiger partial charge in [-0.2, -0.15) is 0 Å². The largest absolute Gasteiger partial charge is 0.506 e. The molecule has 1 unspecified atom stereocenters. The first-order chi connectivity index (χ1) is 10.3. The molecule has 0 saturated heterocycles. The summed E-state index contributed by atoms with van der Waals surface area (Å²) in [5, 5.41) is 27.9. The van der Waals surface area contributed by atoms with E-state index in [2.05, 4.69) is 23.8 Å². The van der Waals surface area contributed by atoms with Gasteiger partial charge in [0.1, 0.15) is 5.75 Å². The van der Waals surface area contributed by atoms with Crippen LogP contribution in [-0.2, 0) is 16.0 Å². The maximum absolute atomic E-state index is 9.55. The van der Waals surface area contributed by atoms with E-state index in [0.717, 1.165) is 18.7 Å². The number of aromatic hydroxyl groups is 1. The Labute approximate surface area is 128 Å². The summed E-state index contributed by atoms with van der Waals surface area (Å²) in [6.45, 7) is 6.54. The molecule has 0 aliphatic rings. The van der Waals surface area contributed by atoms with Crippen molar-refractivity contribution in [3.63, 3.8) is 0 Å². The van der Waals surface area contributed by atoms with Crippen LogP contribution >= 0.6 is 0 Å². The summed E-state index contributed by atoms with van der Waals surface area (Å²) in [5.74, 6) is -2.31. The van der Waals surface area contributed by atoms with Crippen LogP contribution in [0.3, 0.4) is 0 Å². The summed E-state index contributed by atoms with van der Waals surface area (Å²) in [7, 11) is 0. The van der Waals surface area contributed by atoms with Gasteiger partial charge >= 0.3 is 11.9 Å². The fourth-order valence-corrected chi connectivity index (χ4v) is 1.35. The van der Waals surface area contributed by atoms with E-state index in [-0.39, 0.29) is 5.75 Å². The first-order valence-electron chi connectivity index (χ1n) is 6.47. The highest BCUT2D eigenvalue weighted by atomic mass is 16.4. The first kappa shape index (κ1) is 19.3. The number of nitrogens with zero attached hydrogens (tertiary/aromatic N) is 1. The van der Waals surface area contributed by atoms with E-state index in [1.54, 1.807) is 6.07 Å². The van der Waals surface area contributed by atoms with Crippen molar-refractivity contribution in [2.75, 3.05) is 6.54 Å². The highest BCUT2D eigenvalue weighted by Crippen LogP contribution is 2.07. The number of carboxylic acid groups (broad SMARTS) is 2. The smallest absolute Gasteiger partial charge is 0.328 e. The van der Waals surface area contributed by atoms with Gasteiger partial charge in [0.2, 0.25) is 0 Å². The number of aliphatic carboxylic acids is 2. The zero-order valence-electron chi connectivity index (χ0n) is 12.3. The summed E-state index contributed by atoms with van der Waals surface area (Å²) in [6, 6.07) is 3.86. The monoisotopic (exact) mass is 308 g/mol. The normalized spacial score (nSPS) is 11.3. The lowest BCUT2D eigenvalue weighted by Crippen LogP contribution is -2.28. The lowest BCUT2D eigenvalue weighted by Gasteiger charge is -2.11.